The highest BCUT2D eigenvalue weighted by atomic mass is 127. The van der Waals surface area contributed by atoms with Gasteiger partial charge in [-0.2, -0.15) is 5.10 Å². The van der Waals surface area contributed by atoms with Gasteiger partial charge >= 0.3 is 0 Å². The standard InChI is InChI=1S/C15H14ClIN2/c16-11-4-1-3-10(9-11)14-13(17)12-5-2-6-15(7-8-15)19(12)18-14/h1,3-4,9H,2,5-8H2. The van der Waals surface area contributed by atoms with Crippen molar-refractivity contribution in [3.05, 3.63) is 38.6 Å². The second-order valence-electron chi connectivity index (χ2n) is 5.61. The fraction of sp³-hybridized carbons (Fsp3) is 0.400. The molecule has 0 bridgehead atoms. The monoisotopic (exact) mass is 384 g/mol. The summed E-state index contributed by atoms with van der Waals surface area (Å²) in [6.07, 6.45) is 6.36. The van der Waals surface area contributed by atoms with Gasteiger partial charge in [-0.3, -0.25) is 4.68 Å². The second kappa shape index (κ2) is 4.22. The Morgan fingerprint density at radius 2 is 2.11 bits per heavy atom. The number of rotatable bonds is 1. The molecule has 0 amide bonds. The number of halogens is 2. The third-order valence-corrected chi connectivity index (χ3v) is 5.72. The molecule has 1 spiro atoms. The molecule has 0 radical (unpaired) electrons. The topological polar surface area (TPSA) is 17.8 Å². The summed E-state index contributed by atoms with van der Waals surface area (Å²) in [5.74, 6) is 0. The maximum Gasteiger partial charge on any atom is 0.106 e. The molecule has 1 aliphatic carbocycles. The molecule has 4 rings (SSSR count). The minimum Gasteiger partial charge on any atom is -0.262 e. The largest absolute Gasteiger partial charge is 0.262 e. The number of fused-ring (bicyclic) bond motifs is 2. The summed E-state index contributed by atoms with van der Waals surface area (Å²) in [6, 6.07) is 8.02. The molecule has 0 N–H and O–H groups in total. The van der Waals surface area contributed by atoms with E-state index in [0.29, 0.717) is 5.54 Å². The zero-order valence-electron chi connectivity index (χ0n) is 10.5. The van der Waals surface area contributed by atoms with Crippen LogP contribution in [0, 0.1) is 3.57 Å². The summed E-state index contributed by atoms with van der Waals surface area (Å²) in [4.78, 5) is 0. The van der Waals surface area contributed by atoms with Crippen molar-refractivity contribution in [1.82, 2.24) is 9.78 Å². The highest BCUT2D eigenvalue weighted by Gasteiger charge is 2.48. The lowest BCUT2D eigenvalue weighted by Gasteiger charge is -2.24. The second-order valence-corrected chi connectivity index (χ2v) is 7.12. The first kappa shape index (κ1) is 12.2. The highest BCUT2D eigenvalue weighted by molar-refractivity contribution is 14.1. The van der Waals surface area contributed by atoms with Gasteiger partial charge in [0.05, 0.1) is 14.8 Å². The molecule has 19 heavy (non-hydrogen) atoms. The van der Waals surface area contributed by atoms with Gasteiger partial charge in [-0.1, -0.05) is 23.7 Å². The molecule has 0 saturated heterocycles. The molecule has 1 aliphatic heterocycles. The number of hydrogen-bond donors (Lipinski definition) is 0. The van der Waals surface area contributed by atoms with E-state index in [1.165, 1.54) is 34.9 Å². The van der Waals surface area contributed by atoms with Crippen LogP contribution in [0.5, 0.6) is 0 Å². The van der Waals surface area contributed by atoms with Crippen LogP contribution in [0.25, 0.3) is 11.3 Å². The van der Waals surface area contributed by atoms with Gasteiger partial charge in [0, 0.05) is 10.6 Å². The van der Waals surface area contributed by atoms with E-state index in [4.69, 9.17) is 16.7 Å². The van der Waals surface area contributed by atoms with Crippen molar-refractivity contribution in [1.29, 1.82) is 0 Å². The van der Waals surface area contributed by atoms with E-state index in [-0.39, 0.29) is 0 Å². The van der Waals surface area contributed by atoms with Crippen LogP contribution in [-0.4, -0.2) is 9.78 Å². The summed E-state index contributed by atoms with van der Waals surface area (Å²) < 4.78 is 3.64. The minimum absolute atomic E-state index is 0.365. The number of hydrogen-bond acceptors (Lipinski definition) is 1. The lowest BCUT2D eigenvalue weighted by molar-refractivity contribution is 0.343. The first-order valence-electron chi connectivity index (χ1n) is 6.73. The fourth-order valence-corrected chi connectivity index (χ4v) is 4.27. The Hall–Kier alpha value is -0.550. The zero-order chi connectivity index (χ0) is 13.0. The van der Waals surface area contributed by atoms with E-state index in [1.807, 2.05) is 18.2 Å². The molecule has 1 saturated carbocycles. The van der Waals surface area contributed by atoms with Gasteiger partial charge in [-0.15, -0.1) is 0 Å². The average Bonchev–Trinajstić information content (AvgIpc) is 3.08. The molecule has 2 aliphatic rings. The molecule has 2 nitrogen and oxygen atoms in total. The SMILES string of the molecule is Clc1cccc(-c2nn3c(c2I)CCCC32CC2)c1. The first-order chi connectivity index (χ1) is 9.20. The summed E-state index contributed by atoms with van der Waals surface area (Å²) in [5.41, 5.74) is 4.03. The van der Waals surface area contributed by atoms with E-state index in [0.717, 1.165) is 22.7 Å². The Balaban J connectivity index is 1.89. The molecular formula is C15H14ClIN2. The Kier molecular flexibility index (Phi) is 2.71. The Morgan fingerprint density at radius 3 is 2.84 bits per heavy atom. The quantitative estimate of drug-likeness (QED) is 0.655. The van der Waals surface area contributed by atoms with Crippen molar-refractivity contribution in [2.45, 2.75) is 37.6 Å². The molecule has 4 heteroatoms. The van der Waals surface area contributed by atoms with Crippen LogP contribution in [0.2, 0.25) is 5.02 Å². The first-order valence-corrected chi connectivity index (χ1v) is 8.19. The number of benzene rings is 1. The molecule has 1 fully saturated rings. The van der Waals surface area contributed by atoms with Crippen molar-refractivity contribution in [2.24, 2.45) is 0 Å². The minimum atomic E-state index is 0.365. The molecular weight excluding hydrogens is 371 g/mol. The smallest absolute Gasteiger partial charge is 0.106 e. The predicted octanol–water partition coefficient (Wildman–Crippen LogP) is 4.63. The van der Waals surface area contributed by atoms with E-state index >= 15 is 0 Å². The van der Waals surface area contributed by atoms with Crippen LogP contribution in [0.4, 0.5) is 0 Å². The van der Waals surface area contributed by atoms with Gasteiger partial charge in [0.1, 0.15) is 5.69 Å². The predicted molar refractivity (Wildman–Crippen MR) is 85.5 cm³/mol. The highest BCUT2D eigenvalue weighted by Crippen LogP contribution is 2.51. The van der Waals surface area contributed by atoms with Gasteiger partial charge in [-0.25, -0.2) is 0 Å². The van der Waals surface area contributed by atoms with Crippen molar-refractivity contribution in [2.75, 3.05) is 0 Å². The van der Waals surface area contributed by atoms with Crippen LogP contribution in [0.15, 0.2) is 24.3 Å². The van der Waals surface area contributed by atoms with Crippen molar-refractivity contribution in [3.63, 3.8) is 0 Å². The average molecular weight is 385 g/mol. The summed E-state index contributed by atoms with van der Waals surface area (Å²) >= 11 is 8.56. The molecule has 98 valence electrons. The molecule has 1 aromatic carbocycles. The summed E-state index contributed by atoms with van der Waals surface area (Å²) in [6.45, 7) is 0. The van der Waals surface area contributed by atoms with Gasteiger partial charge in [0.25, 0.3) is 0 Å². The molecule has 1 aromatic heterocycles. The van der Waals surface area contributed by atoms with E-state index in [1.54, 1.807) is 0 Å². The molecule has 2 heterocycles. The lowest BCUT2D eigenvalue weighted by atomic mass is 10.0. The van der Waals surface area contributed by atoms with Crippen LogP contribution in [-0.2, 0) is 12.0 Å². The number of aromatic nitrogens is 2. The van der Waals surface area contributed by atoms with Gasteiger partial charge in [-0.05, 0) is 66.8 Å². The Morgan fingerprint density at radius 1 is 1.26 bits per heavy atom. The van der Waals surface area contributed by atoms with E-state index in [2.05, 4.69) is 33.3 Å². The zero-order valence-corrected chi connectivity index (χ0v) is 13.4. The van der Waals surface area contributed by atoms with Gasteiger partial charge < -0.3 is 0 Å². The lowest BCUT2D eigenvalue weighted by Crippen LogP contribution is -2.25. The Labute approximate surface area is 131 Å². The van der Waals surface area contributed by atoms with Crippen LogP contribution in [0.1, 0.15) is 31.4 Å². The van der Waals surface area contributed by atoms with E-state index in [9.17, 15) is 0 Å². The summed E-state index contributed by atoms with van der Waals surface area (Å²) in [7, 11) is 0. The normalized spacial score (nSPS) is 19.5. The molecule has 0 unspecified atom stereocenters. The van der Waals surface area contributed by atoms with Crippen LogP contribution in [0.3, 0.4) is 0 Å². The third-order valence-electron chi connectivity index (χ3n) is 4.35. The fourth-order valence-electron chi connectivity index (χ4n) is 3.16. The van der Waals surface area contributed by atoms with Crippen molar-refractivity contribution < 1.29 is 0 Å². The van der Waals surface area contributed by atoms with Crippen LogP contribution < -0.4 is 0 Å². The third kappa shape index (κ3) is 1.85. The molecule has 0 atom stereocenters. The Bertz CT molecular complexity index is 658. The van der Waals surface area contributed by atoms with Crippen molar-refractivity contribution in [3.8, 4) is 11.3 Å². The maximum absolute atomic E-state index is 6.11. The van der Waals surface area contributed by atoms with Gasteiger partial charge in [0.15, 0.2) is 0 Å². The van der Waals surface area contributed by atoms with Crippen LogP contribution >= 0.6 is 34.2 Å². The maximum atomic E-state index is 6.11. The number of nitrogens with zero attached hydrogens (tertiary/aromatic N) is 2. The van der Waals surface area contributed by atoms with E-state index < -0.39 is 0 Å². The van der Waals surface area contributed by atoms with Gasteiger partial charge in [0.2, 0.25) is 0 Å². The molecule has 2 aromatic rings. The van der Waals surface area contributed by atoms with Crippen molar-refractivity contribution >= 4 is 34.2 Å². The summed E-state index contributed by atoms with van der Waals surface area (Å²) in [5, 5.41) is 5.71.